The number of carbonyl (C=O) groups is 1. The molecular formula is C33H40F3N5O2. The highest BCUT2D eigenvalue weighted by Gasteiger charge is 2.21. The van der Waals surface area contributed by atoms with Gasteiger partial charge in [-0.1, -0.05) is 26.5 Å². The zero-order chi connectivity index (χ0) is 31.7. The Morgan fingerprint density at radius 1 is 1.02 bits per heavy atom. The third kappa shape index (κ3) is 8.90. The van der Waals surface area contributed by atoms with Gasteiger partial charge in [-0.05, 0) is 95.7 Å². The van der Waals surface area contributed by atoms with Crippen LogP contribution in [0.25, 0.3) is 29.2 Å². The lowest BCUT2D eigenvalue weighted by molar-refractivity contribution is -0.105. The van der Waals surface area contributed by atoms with E-state index < -0.39 is 23.1 Å². The van der Waals surface area contributed by atoms with Gasteiger partial charge in [-0.15, -0.1) is 0 Å². The van der Waals surface area contributed by atoms with Crippen LogP contribution in [0.2, 0.25) is 0 Å². The van der Waals surface area contributed by atoms with Crippen LogP contribution in [0.1, 0.15) is 63.3 Å². The van der Waals surface area contributed by atoms with Crippen molar-refractivity contribution in [2.45, 2.75) is 53.6 Å². The van der Waals surface area contributed by atoms with E-state index in [1.54, 1.807) is 13.0 Å². The molecular weight excluding hydrogens is 555 g/mol. The van der Waals surface area contributed by atoms with Gasteiger partial charge < -0.3 is 20.3 Å². The minimum atomic E-state index is -0.769. The molecule has 0 aliphatic heterocycles. The number of anilines is 2. The summed E-state index contributed by atoms with van der Waals surface area (Å²) in [5.74, 6) is -1.53. The molecule has 1 amide bonds. The zero-order valence-corrected chi connectivity index (χ0v) is 25.7. The second kappa shape index (κ2) is 14.8. The van der Waals surface area contributed by atoms with Gasteiger partial charge in [0.05, 0.1) is 5.69 Å². The highest BCUT2D eigenvalue weighted by molar-refractivity contribution is 5.89. The average molecular weight is 596 g/mol. The topological polar surface area (TPSA) is 79.4 Å². The summed E-state index contributed by atoms with van der Waals surface area (Å²) in [6.07, 6.45) is 3.88. The van der Waals surface area contributed by atoms with Gasteiger partial charge in [0, 0.05) is 28.8 Å². The molecule has 3 rings (SSSR count). The van der Waals surface area contributed by atoms with Gasteiger partial charge in [-0.3, -0.25) is 4.79 Å². The summed E-state index contributed by atoms with van der Waals surface area (Å²) in [5, 5.41) is 5.76. The molecule has 0 aliphatic carbocycles. The first-order valence-corrected chi connectivity index (χ1v) is 14.3. The molecule has 1 aromatic heterocycles. The molecule has 0 aliphatic rings. The number of benzene rings is 2. The van der Waals surface area contributed by atoms with E-state index in [1.807, 2.05) is 20.8 Å². The number of ether oxygens (including phenoxy) is 1. The molecule has 2 N–H and O–H groups in total. The molecule has 10 heteroatoms. The minimum Gasteiger partial charge on any atom is -0.488 e. The van der Waals surface area contributed by atoms with E-state index in [-0.39, 0.29) is 39.9 Å². The van der Waals surface area contributed by atoms with Crippen LogP contribution in [-0.4, -0.2) is 53.1 Å². The zero-order valence-electron chi connectivity index (χ0n) is 25.7. The summed E-state index contributed by atoms with van der Waals surface area (Å²) in [7, 11) is 0. The van der Waals surface area contributed by atoms with Crippen LogP contribution in [0, 0.1) is 24.4 Å². The SMILES string of the molecule is C=C(OC(C)(C)C)c1cc(F)c(C)c(-c2nc(NCCCN(CC)CC)nc(NC=O)c2/C=C\c2c(F)cccc2F)c1. The molecule has 7 nitrogen and oxygen atoms in total. The molecule has 0 radical (unpaired) electrons. The van der Waals surface area contributed by atoms with Gasteiger partial charge in [0.25, 0.3) is 0 Å². The van der Waals surface area contributed by atoms with E-state index in [0.29, 0.717) is 24.1 Å². The fourth-order valence-electron chi connectivity index (χ4n) is 4.47. The van der Waals surface area contributed by atoms with Gasteiger partial charge in [-0.25, -0.2) is 18.2 Å². The number of halogens is 3. The molecule has 0 saturated carbocycles. The Morgan fingerprint density at radius 2 is 1.67 bits per heavy atom. The molecule has 0 atom stereocenters. The maximum absolute atomic E-state index is 15.4. The number of hydrogen-bond donors (Lipinski definition) is 2. The van der Waals surface area contributed by atoms with E-state index in [0.717, 1.165) is 38.2 Å². The molecule has 0 saturated heterocycles. The largest absolute Gasteiger partial charge is 0.488 e. The van der Waals surface area contributed by atoms with Crippen molar-refractivity contribution >= 4 is 36.1 Å². The quantitative estimate of drug-likeness (QED) is 0.114. The Morgan fingerprint density at radius 3 is 2.28 bits per heavy atom. The van der Waals surface area contributed by atoms with Crippen molar-refractivity contribution in [1.29, 1.82) is 0 Å². The smallest absolute Gasteiger partial charge is 0.225 e. The van der Waals surface area contributed by atoms with Crippen LogP contribution in [0.3, 0.4) is 0 Å². The Balaban J connectivity index is 2.20. The van der Waals surface area contributed by atoms with Crippen LogP contribution in [0.4, 0.5) is 24.9 Å². The van der Waals surface area contributed by atoms with Gasteiger partial charge in [0.2, 0.25) is 12.4 Å². The summed E-state index contributed by atoms with van der Waals surface area (Å²) >= 11 is 0. The van der Waals surface area contributed by atoms with Crippen LogP contribution < -0.4 is 10.6 Å². The number of nitrogens with zero attached hydrogens (tertiary/aromatic N) is 3. The Kier molecular flexibility index (Phi) is 11.5. The Hall–Kier alpha value is -4.18. The number of nitrogens with one attached hydrogen (secondary N) is 2. The molecule has 0 unspecified atom stereocenters. The van der Waals surface area contributed by atoms with Crippen molar-refractivity contribution in [3.8, 4) is 11.3 Å². The van der Waals surface area contributed by atoms with Gasteiger partial charge in [-0.2, -0.15) is 4.98 Å². The van der Waals surface area contributed by atoms with E-state index in [2.05, 4.69) is 40.9 Å². The highest BCUT2D eigenvalue weighted by Crippen LogP contribution is 2.35. The predicted octanol–water partition coefficient (Wildman–Crippen LogP) is 7.54. The summed E-state index contributed by atoms with van der Waals surface area (Å²) in [5.41, 5.74) is 0.625. The predicted molar refractivity (Wildman–Crippen MR) is 168 cm³/mol. The van der Waals surface area contributed by atoms with Crippen LogP contribution >= 0.6 is 0 Å². The standard InChI is InChI=1S/C33H40F3N5O2/c1-8-41(9-2)17-11-16-37-32-39-30(26-18-23(19-29(36)21(26)3)22(4)43-33(5,6)7)25(31(40-32)38-20-42)15-14-24-27(34)12-10-13-28(24)35/h10,12-15,18-20H,4,8-9,11,16-17H2,1-3,5-7H3,(H2,37,38,39,40,42)/b15-14-. The van der Waals surface area contributed by atoms with Crippen molar-refractivity contribution in [3.05, 3.63) is 76.6 Å². The first-order chi connectivity index (χ1) is 20.4. The van der Waals surface area contributed by atoms with E-state index >= 15 is 4.39 Å². The summed E-state index contributed by atoms with van der Waals surface area (Å²) in [4.78, 5) is 23.1. The number of amides is 1. The third-order valence-corrected chi connectivity index (χ3v) is 6.74. The molecule has 3 aromatic rings. The summed E-state index contributed by atoms with van der Waals surface area (Å²) in [6.45, 7) is 18.6. The highest BCUT2D eigenvalue weighted by atomic mass is 19.1. The van der Waals surface area contributed by atoms with Crippen LogP contribution in [0.5, 0.6) is 0 Å². The van der Waals surface area contributed by atoms with Crippen molar-refractivity contribution < 1.29 is 22.7 Å². The number of aromatic nitrogens is 2. The Bertz CT molecular complexity index is 1460. The first-order valence-electron chi connectivity index (χ1n) is 14.3. The van der Waals surface area contributed by atoms with Crippen LogP contribution in [0.15, 0.2) is 36.9 Å². The molecule has 0 bridgehead atoms. The third-order valence-electron chi connectivity index (χ3n) is 6.74. The fourth-order valence-corrected chi connectivity index (χ4v) is 4.47. The van der Waals surface area contributed by atoms with Crippen molar-refractivity contribution in [3.63, 3.8) is 0 Å². The normalized spacial score (nSPS) is 11.7. The number of hydrogen-bond acceptors (Lipinski definition) is 6. The van der Waals surface area contributed by atoms with Crippen molar-refractivity contribution in [2.75, 3.05) is 36.8 Å². The van der Waals surface area contributed by atoms with E-state index in [9.17, 15) is 13.6 Å². The lowest BCUT2D eigenvalue weighted by atomic mass is 9.97. The second-order valence-corrected chi connectivity index (χ2v) is 11.0. The Labute approximate surface area is 251 Å². The summed E-state index contributed by atoms with van der Waals surface area (Å²) in [6, 6.07) is 6.56. The summed E-state index contributed by atoms with van der Waals surface area (Å²) < 4.78 is 50.3. The monoisotopic (exact) mass is 595 g/mol. The first kappa shape index (κ1) is 33.3. The lowest BCUT2D eigenvalue weighted by Crippen LogP contribution is -2.25. The molecule has 43 heavy (non-hydrogen) atoms. The maximum Gasteiger partial charge on any atom is 0.225 e. The second-order valence-electron chi connectivity index (χ2n) is 11.0. The van der Waals surface area contributed by atoms with E-state index in [1.165, 1.54) is 24.3 Å². The lowest BCUT2D eigenvalue weighted by Gasteiger charge is -2.24. The molecule has 0 spiro atoms. The van der Waals surface area contributed by atoms with Crippen LogP contribution in [-0.2, 0) is 9.53 Å². The number of carbonyl (C=O) groups excluding carboxylic acids is 1. The van der Waals surface area contributed by atoms with Crippen molar-refractivity contribution in [2.24, 2.45) is 0 Å². The maximum atomic E-state index is 15.4. The van der Waals surface area contributed by atoms with Gasteiger partial charge in [0.1, 0.15) is 34.6 Å². The van der Waals surface area contributed by atoms with Gasteiger partial charge >= 0.3 is 0 Å². The minimum absolute atomic E-state index is 0.0780. The molecule has 1 heterocycles. The molecule has 230 valence electrons. The average Bonchev–Trinajstić information content (AvgIpc) is 2.94. The van der Waals surface area contributed by atoms with E-state index in [4.69, 9.17) is 9.72 Å². The fraction of sp³-hybridized carbons (Fsp3) is 0.364. The number of rotatable bonds is 14. The van der Waals surface area contributed by atoms with Gasteiger partial charge in [0.15, 0.2) is 0 Å². The van der Waals surface area contributed by atoms with Crippen molar-refractivity contribution in [1.82, 2.24) is 14.9 Å². The molecule has 0 fully saturated rings. The molecule has 2 aromatic carbocycles.